The molecule has 3 aromatic carbocycles. The van der Waals surface area contributed by atoms with Gasteiger partial charge in [0.25, 0.3) is 0 Å². The molecule has 0 spiro atoms. The van der Waals surface area contributed by atoms with Gasteiger partial charge >= 0.3 is 16.1 Å². The van der Waals surface area contributed by atoms with Crippen molar-refractivity contribution in [2.75, 3.05) is 0 Å². The summed E-state index contributed by atoms with van der Waals surface area (Å²) < 4.78 is 36.0. The van der Waals surface area contributed by atoms with Gasteiger partial charge in [-0.2, -0.15) is 8.42 Å². The van der Waals surface area contributed by atoms with Crippen molar-refractivity contribution < 1.29 is 22.1 Å². The van der Waals surface area contributed by atoms with E-state index in [0.29, 0.717) is 6.42 Å². The Balaban J connectivity index is 1.80. The van der Waals surface area contributed by atoms with E-state index >= 15 is 0 Å². The lowest BCUT2D eigenvalue weighted by Crippen LogP contribution is -2.35. The molecular weight excluding hydrogens is 462 g/mol. The molecule has 0 fully saturated rings. The van der Waals surface area contributed by atoms with Crippen molar-refractivity contribution in [1.82, 2.24) is 0 Å². The zero-order valence-corrected chi connectivity index (χ0v) is 21.4. The second-order valence-electron chi connectivity index (χ2n) is 9.67. The lowest BCUT2D eigenvalue weighted by molar-refractivity contribution is -0.155. The lowest BCUT2D eigenvalue weighted by atomic mass is 9.85. The van der Waals surface area contributed by atoms with E-state index in [0.717, 1.165) is 16.7 Å². The van der Waals surface area contributed by atoms with Gasteiger partial charge in [0.05, 0.1) is 6.42 Å². The van der Waals surface area contributed by atoms with Crippen molar-refractivity contribution in [1.29, 1.82) is 0 Å². The standard InChI is InChI=1S/C28H33NO5S/c1-20-10-16-24(17-11-20)35(31,32)34-23-14-12-22(13-15-23)25(18-21-8-6-5-7-9-21)26(29)19-27(30)33-28(2,3)4/h5-17,25-26H,18-19,29H2,1-4H3. The summed E-state index contributed by atoms with van der Waals surface area (Å²) in [4.78, 5) is 12.5. The van der Waals surface area contributed by atoms with Crippen LogP contribution in [0.5, 0.6) is 5.75 Å². The molecule has 2 N–H and O–H groups in total. The fourth-order valence-corrected chi connectivity index (χ4v) is 4.68. The average molecular weight is 496 g/mol. The Morgan fingerprint density at radius 1 is 0.914 bits per heavy atom. The van der Waals surface area contributed by atoms with E-state index in [4.69, 9.17) is 14.7 Å². The van der Waals surface area contributed by atoms with Gasteiger partial charge in [0.1, 0.15) is 16.2 Å². The van der Waals surface area contributed by atoms with Crippen molar-refractivity contribution in [3.05, 3.63) is 95.6 Å². The smallest absolute Gasteiger partial charge is 0.339 e. The predicted molar refractivity (Wildman–Crippen MR) is 137 cm³/mol. The first kappa shape index (κ1) is 26.4. The molecule has 0 bridgehead atoms. The molecule has 2 unspecified atom stereocenters. The second kappa shape index (κ2) is 11.1. The second-order valence-corrected chi connectivity index (χ2v) is 11.2. The van der Waals surface area contributed by atoms with E-state index in [1.165, 1.54) is 12.1 Å². The molecule has 0 heterocycles. The van der Waals surface area contributed by atoms with Crippen LogP contribution in [0.15, 0.2) is 83.8 Å². The minimum absolute atomic E-state index is 0.0643. The van der Waals surface area contributed by atoms with Crippen LogP contribution in [-0.4, -0.2) is 26.0 Å². The van der Waals surface area contributed by atoms with E-state index in [1.807, 2.05) is 58.0 Å². The summed E-state index contributed by atoms with van der Waals surface area (Å²) >= 11 is 0. The Morgan fingerprint density at radius 3 is 2.09 bits per heavy atom. The summed E-state index contributed by atoms with van der Waals surface area (Å²) in [6.07, 6.45) is 0.682. The van der Waals surface area contributed by atoms with Crippen molar-refractivity contribution in [2.24, 2.45) is 5.73 Å². The monoisotopic (exact) mass is 495 g/mol. The van der Waals surface area contributed by atoms with Crippen LogP contribution in [0.25, 0.3) is 0 Å². The van der Waals surface area contributed by atoms with E-state index in [1.54, 1.807) is 36.4 Å². The Bertz CT molecular complexity index is 1220. The highest BCUT2D eigenvalue weighted by atomic mass is 32.2. The predicted octanol–water partition coefficient (Wildman–Crippen LogP) is 5.15. The number of esters is 1. The Morgan fingerprint density at radius 2 is 1.51 bits per heavy atom. The molecule has 186 valence electrons. The van der Waals surface area contributed by atoms with Gasteiger partial charge in [-0.3, -0.25) is 4.79 Å². The summed E-state index contributed by atoms with van der Waals surface area (Å²) in [5.74, 6) is -0.339. The van der Waals surface area contributed by atoms with Crippen LogP contribution < -0.4 is 9.92 Å². The minimum Gasteiger partial charge on any atom is -0.460 e. The van der Waals surface area contributed by atoms with Crippen molar-refractivity contribution in [3.8, 4) is 5.75 Å². The van der Waals surface area contributed by atoms with Gasteiger partial charge in [-0.15, -0.1) is 0 Å². The number of aryl methyl sites for hydroxylation is 1. The molecule has 7 heteroatoms. The third kappa shape index (κ3) is 7.94. The number of hydrogen-bond donors (Lipinski definition) is 1. The number of hydrogen-bond acceptors (Lipinski definition) is 6. The van der Waals surface area contributed by atoms with Gasteiger partial charge in [0.2, 0.25) is 0 Å². The summed E-state index contributed by atoms with van der Waals surface area (Å²) in [7, 11) is -3.95. The number of carbonyl (C=O) groups is 1. The maximum atomic E-state index is 12.6. The first-order valence-electron chi connectivity index (χ1n) is 11.6. The van der Waals surface area contributed by atoms with E-state index < -0.39 is 21.8 Å². The number of benzene rings is 3. The maximum absolute atomic E-state index is 12.6. The third-order valence-electron chi connectivity index (χ3n) is 5.46. The average Bonchev–Trinajstić information content (AvgIpc) is 2.77. The molecule has 0 aliphatic heterocycles. The molecule has 0 amide bonds. The molecule has 2 atom stereocenters. The highest BCUT2D eigenvalue weighted by Crippen LogP contribution is 2.29. The number of nitrogens with two attached hydrogens (primary N) is 1. The summed E-state index contributed by atoms with van der Waals surface area (Å²) in [5.41, 5.74) is 8.85. The van der Waals surface area contributed by atoms with Gasteiger partial charge in [0.15, 0.2) is 0 Å². The Kier molecular flexibility index (Phi) is 8.35. The summed E-state index contributed by atoms with van der Waals surface area (Å²) in [6.45, 7) is 7.35. The maximum Gasteiger partial charge on any atom is 0.339 e. The molecule has 0 aromatic heterocycles. The molecule has 0 saturated heterocycles. The number of carbonyl (C=O) groups excluding carboxylic acids is 1. The molecular formula is C28H33NO5S. The first-order valence-corrected chi connectivity index (χ1v) is 13.0. The van der Waals surface area contributed by atoms with Crippen LogP contribution in [0, 0.1) is 6.92 Å². The van der Waals surface area contributed by atoms with Crippen LogP contribution >= 0.6 is 0 Å². The topological polar surface area (TPSA) is 95.7 Å². The fourth-order valence-electron chi connectivity index (χ4n) is 3.75. The molecule has 6 nitrogen and oxygen atoms in total. The molecule has 0 radical (unpaired) electrons. The van der Waals surface area contributed by atoms with Crippen molar-refractivity contribution >= 4 is 16.1 Å². The SMILES string of the molecule is Cc1ccc(S(=O)(=O)Oc2ccc(C(Cc3ccccc3)C(N)CC(=O)OC(C)(C)C)cc2)cc1. The summed E-state index contributed by atoms with van der Waals surface area (Å²) in [5, 5.41) is 0. The quantitative estimate of drug-likeness (QED) is 0.326. The zero-order chi connectivity index (χ0) is 25.6. The van der Waals surface area contributed by atoms with Gasteiger partial charge in [-0.1, -0.05) is 60.2 Å². The van der Waals surface area contributed by atoms with Gasteiger partial charge < -0.3 is 14.7 Å². The molecule has 35 heavy (non-hydrogen) atoms. The van der Waals surface area contributed by atoms with Gasteiger partial charge in [-0.05, 0) is 69.5 Å². The van der Waals surface area contributed by atoms with Crippen LogP contribution in [0.3, 0.4) is 0 Å². The van der Waals surface area contributed by atoms with Crippen LogP contribution in [0.2, 0.25) is 0 Å². The number of ether oxygens (including phenoxy) is 1. The largest absolute Gasteiger partial charge is 0.460 e. The van der Waals surface area contributed by atoms with Crippen molar-refractivity contribution in [3.63, 3.8) is 0 Å². The number of rotatable bonds is 9. The third-order valence-corrected chi connectivity index (χ3v) is 6.72. The molecule has 3 rings (SSSR count). The van der Waals surface area contributed by atoms with Crippen LogP contribution in [-0.2, 0) is 26.1 Å². The van der Waals surface area contributed by atoms with Crippen LogP contribution in [0.1, 0.15) is 49.8 Å². The fraction of sp³-hybridized carbons (Fsp3) is 0.321. The van der Waals surface area contributed by atoms with E-state index in [9.17, 15) is 13.2 Å². The molecule has 0 saturated carbocycles. The molecule has 0 aliphatic rings. The minimum atomic E-state index is -3.95. The molecule has 0 aliphatic carbocycles. The highest BCUT2D eigenvalue weighted by Gasteiger charge is 2.26. The van der Waals surface area contributed by atoms with Crippen LogP contribution in [0.4, 0.5) is 0 Å². The van der Waals surface area contributed by atoms with Gasteiger partial charge in [0, 0.05) is 12.0 Å². The summed E-state index contributed by atoms with van der Waals surface area (Å²) in [6, 6.07) is 22.7. The van der Waals surface area contributed by atoms with Gasteiger partial charge in [-0.25, -0.2) is 0 Å². The first-order chi connectivity index (χ1) is 16.4. The Labute approximate surface area is 208 Å². The molecule has 3 aromatic rings. The zero-order valence-electron chi connectivity index (χ0n) is 20.6. The van der Waals surface area contributed by atoms with E-state index in [-0.39, 0.29) is 29.0 Å². The Hall–Kier alpha value is -3.16. The normalized spacial score (nSPS) is 13.6. The van der Waals surface area contributed by atoms with Crippen molar-refractivity contribution in [2.45, 2.75) is 63.0 Å². The lowest BCUT2D eigenvalue weighted by Gasteiger charge is -2.26. The van der Waals surface area contributed by atoms with E-state index in [2.05, 4.69) is 0 Å². The highest BCUT2D eigenvalue weighted by molar-refractivity contribution is 7.87.